The maximum absolute atomic E-state index is 12.9. The molecule has 0 radical (unpaired) electrons. The van der Waals surface area contributed by atoms with Gasteiger partial charge in [-0.05, 0) is 55.2 Å². The first-order valence-electron chi connectivity index (χ1n) is 9.55. The summed E-state index contributed by atoms with van der Waals surface area (Å²) in [7, 11) is 1.71. The molecular weight excluding hydrogens is 336 g/mol. The topological polar surface area (TPSA) is 32.8 Å². The van der Waals surface area contributed by atoms with Gasteiger partial charge in [0, 0.05) is 23.6 Å². The minimum atomic E-state index is -0.187. The number of hydrazine groups is 1. The van der Waals surface area contributed by atoms with Gasteiger partial charge < -0.3 is 4.74 Å². The number of carbonyl (C=O) groups is 1. The molecule has 0 spiro atoms. The van der Waals surface area contributed by atoms with Crippen molar-refractivity contribution >= 4 is 12.0 Å². The Balaban J connectivity index is 1.66. The summed E-state index contributed by atoms with van der Waals surface area (Å²) >= 11 is 0. The first-order chi connectivity index (χ1) is 13.0. The molecule has 2 aromatic rings. The fourth-order valence-electron chi connectivity index (χ4n) is 5.04. The van der Waals surface area contributed by atoms with Gasteiger partial charge in [-0.2, -0.15) is 5.01 Å². The van der Waals surface area contributed by atoms with Crippen LogP contribution >= 0.6 is 0 Å². The number of hydrogen-bond acceptors (Lipinski definition) is 3. The van der Waals surface area contributed by atoms with E-state index in [1.807, 2.05) is 29.3 Å². The zero-order chi connectivity index (χ0) is 18.8. The van der Waals surface area contributed by atoms with Gasteiger partial charge in [0.1, 0.15) is 5.75 Å². The van der Waals surface area contributed by atoms with Crippen molar-refractivity contribution in [2.75, 3.05) is 7.11 Å². The molecule has 2 unspecified atom stereocenters. The van der Waals surface area contributed by atoms with Crippen LogP contribution in [0, 0.1) is 5.92 Å². The highest BCUT2D eigenvalue weighted by atomic mass is 16.5. The standard InChI is InChI=1S/C23H24N2O2/c1-23(2)14-21(26)24-20(11-15-7-5-4-6-8-15)19-13-16-12-17(27-3)9-10-18(16)22(19)25(23)24/h4-12,19,22H,13-14H2,1-3H3/b20-11+. The number of carbonyl (C=O) groups excluding carboxylic acids is 1. The first kappa shape index (κ1) is 16.6. The third kappa shape index (κ3) is 2.36. The van der Waals surface area contributed by atoms with Crippen LogP contribution in [0.5, 0.6) is 5.75 Å². The first-order valence-corrected chi connectivity index (χ1v) is 9.55. The van der Waals surface area contributed by atoms with E-state index in [0.29, 0.717) is 6.42 Å². The molecule has 1 amide bonds. The lowest BCUT2D eigenvalue weighted by atomic mass is 9.92. The summed E-state index contributed by atoms with van der Waals surface area (Å²) in [5.74, 6) is 1.39. The molecule has 138 valence electrons. The molecular formula is C23H24N2O2. The Morgan fingerprint density at radius 2 is 1.93 bits per heavy atom. The summed E-state index contributed by atoms with van der Waals surface area (Å²) in [5, 5.41) is 4.29. The molecule has 0 aromatic heterocycles. The second kappa shape index (κ2) is 5.70. The molecule has 2 aromatic carbocycles. The van der Waals surface area contributed by atoms with E-state index in [0.717, 1.165) is 23.4 Å². The third-order valence-electron chi connectivity index (χ3n) is 6.15. The molecule has 4 heteroatoms. The minimum Gasteiger partial charge on any atom is -0.497 e. The van der Waals surface area contributed by atoms with Crippen LogP contribution in [0.15, 0.2) is 54.2 Å². The Hall–Kier alpha value is -2.59. The van der Waals surface area contributed by atoms with Gasteiger partial charge in [0.25, 0.3) is 0 Å². The van der Waals surface area contributed by atoms with Crippen LogP contribution in [0.4, 0.5) is 0 Å². The predicted molar refractivity (Wildman–Crippen MR) is 105 cm³/mol. The number of ether oxygens (including phenoxy) is 1. The van der Waals surface area contributed by atoms with Crippen molar-refractivity contribution in [1.29, 1.82) is 0 Å². The smallest absolute Gasteiger partial charge is 0.243 e. The maximum atomic E-state index is 12.9. The number of hydrogen-bond donors (Lipinski definition) is 0. The second-order valence-corrected chi connectivity index (χ2v) is 8.34. The van der Waals surface area contributed by atoms with E-state index >= 15 is 0 Å². The fraction of sp³-hybridized carbons (Fsp3) is 0.348. The zero-order valence-corrected chi connectivity index (χ0v) is 16.0. The summed E-state index contributed by atoms with van der Waals surface area (Å²) in [6, 6.07) is 16.9. The molecule has 3 aliphatic rings. The lowest BCUT2D eigenvalue weighted by molar-refractivity contribution is -0.134. The van der Waals surface area contributed by atoms with Gasteiger partial charge in [0.2, 0.25) is 5.91 Å². The maximum Gasteiger partial charge on any atom is 0.243 e. The van der Waals surface area contributed by atoms with Crippen LogP contribution in [-0.4, -0.2) is 28.6 Å². The Bertz CT molecular complexity index is 948. The molecule has 4 nitrogen and oxygen atoms in total. The summed E-state index contributed by atoms with van der Waals surface area (Å²) in [4.78, 5) is 12.9. The van der Waals surface area contributed by atoms with E-state index in [9.17, 15) is 4.79 Å². The Kier molecular flexibility index (Phi) is 3.50. The van der Waals surface area contributed by atoms with Crippen LogP contribution in [0.25, 0.3) is 6.08 Å². The van der Waals surface area contributed by atoms with Crippen molar-refractivity contribution in [2.45, 2.75) is 38.3 Å². The molecule has 1 aliphatic carbocycles. The highest BCUT2D eigenvalue weighted by Gasteiger charge is 2.59. The van der Waals surface area contributed by atoms with Crippen molar-refractivity contribution in [3.8, 4) is 5.75 Å². The van der Waals surface area contributed by atoms with E-state index in [-0.39, 0.29) is 23.4 Å². The van der Waals surface area contributed by atoms with Gasteiger partial charge in [-0.1, -0.05) is 36.4 Å². The van der Waals surface area contributed by atoms with Gasteiger partial charge in [-0.15, -0.1) is 0 Å². The number of methoxy groups -OCH3 is 1. The Morgan fingerprint density at radius 1 is 1.15 bits per heavy atom. The minimum absolute atomic E-state index is 0.187. The quantitative estimate of drug-likeness (QED) is 0.805. The predicted octanol–water partition coefficient (Wildman–Crippen LogP) is 4.19. The van der Waals surface area contributed by atoms with Gasteiger partial charge >= 0.3 is 0 Å². The molecule has 0 bridgehead atoms. The van der Waals surface area contributed by atoms with Crippen LogP contribution in [0.3, 0.4) is 0 Å². The van der Waals surface area contributed by atoms with Crippen molar-refractivity contribution in [1.82, 2.24) is 10.0 Å². The molecule has 2 saturated heterocycles. The highest BCUT2D eigenvalue weighted by Crippen LogP contribution is 2.57. The van der Waals surface area contributed by atoms with E-state index in [2.05, 4.69) is 49.2 Å². The van der Waals surface area contributed by atoms with Crippen molar-refractivity contribution in [3.05, 3.63) is 70.9 Å². The van der Waals surface area contributed by atoms with Gasteiger partial charge in [0.15, 0.2) is 0 Å². The van der Waals surface area contributed by atoms with Crippen molar-refractivity contribution in [2.24, 2.45) is 5.92 Å². The number of fused-ring (bicyclic) bond motifs is 5. The Labute approximate surface area is 160 Å². The molecule has 2 fully saturated rings. The SMILES string of the molecule is COc1ccc2c(c1)CC1/C(=C\c3ccccc3)N3C(=O)CC(C)(C)N3C21. The molecule has 0 saturated carbocycles. The average Bonchev–Trinajstić information content (AvgIpc) is 3.24. The second-order valence-electron chi connectivity index (χ2n) is 8.34. The largest absolute Gasteiger partial charge is 0.497 e. The monoisotopic (exact) mass is 360 g/mol. The molecule has 2 heterocycles. The zero-order valence-electron chi connectivity index (χ0n) is 16.0. The highest BCUT2D eigenvalue weighted by molar-refractivity contribution is 5.83. The lowest BCUT2D eigenvalue weighted by Crippen LogP contribution is -2.43. The normalized spacial score (nSPS) is 27.0. The average molecular weight is 360 g/mol. The van der Waals surface area contributed by atoms with Crippen molar-refractivity contribution in [3.63, 3.8) is 0 Å². The number of nitrogens with zero attached hydrogens (tertiary/aromatic N) is 2. The van der Waals surface area contributed by atoms with Gasteiger partial charge in [-0.25, -0.2) is 5.01 Å². The van der Waals surface area contributed by atoms with Crippen LogP contribution in [-0.2, 0) is 11.2 Å². The van der Waals surface area contributed by atoms with Gasteiger partial charge in [-0.3, -0.25) is 4.79 Å². The van der Waals surface area contributed by atoms with Crippen molar-refractivity contribution < 1.29 is 9.53 Å². The number of rotatable bonds is 2. The molecule has 2 atom stereocenters. The lowest BCUT2D eigenvalue weighted by Gasteiger charge is -2.35. The molecule has 27 heavy (non-hydrogen) atoms. The van der Waals surface area contributed by atoms with Gasteiger partial charge in [0.05, 0.1) is 13.2 Å². The van der Waals surface area contributed by atoms with E-state index in [1.165, 1.54) is 11.1 Å². The van der Waals surface area contributed by atoms with Crippen LogP contribution in [0.1, 0.15) is 43.0 Å². The van der Waals surface area contributed by atoms with E-state index < -0.39 is 0 Å². The summed E-state index contributed by atoms with van der Waals surface area (Å²) in [5.41, 5.74) is 4.73. The number of amides is 1. The van der Waals surface area contributed by atoms with E-state index in [4.69, 9.17) is 4.74 Å². The Morgan fingerprint density at radius 3 is 2.67 bits per heavy atom. The van der Waals surface area contributed by atoms with Crippen LogP contribution in [0.2, 0.25) is 0 Å². The van der Waals surface area contributed by atoms with Crippen LogP contribution < -0.4 is 4.74 Å². The summed E-state index contributed by atoms with van der Waals surface area (Å²) < 4.78 is 5.44. The van der Waals surface area contributed by atoms with E-state index in [1.54, 1.807) is 7.11 Å². The molecule has 2 aliphatic heterocycles. The fourth-order valence-corrected chi connectivity index (χ4v) is 5.04. The summed E-state index contributed by atoms with van der Waals surface area (Å²) in [6.07, 6.45) is 3.68. The third-order valence-corrected chi connectivity index (χ3v) is 6.15. The molecule has 0 N–H and O–H groups in total. The molecule has 5 rings (SSSR count). The summed E-state index contributed by atoms with van der Waals surface area (Å²) in [6.45, 7) is 4.35. The number of benzene rings is 2.